The second kappa shape index (κ2) is 8.90. The number of hydrogen-bond donors (Lipinski definition) is 1. The minimum atomic E-state index is -0.861. The van der Waals surface area contributed by atoms with Crippen LogP contribution >= 0.6 is 0 Å². The normalized spacial score (nSPS) is 15.8. The molecule has 11 nitrogen and oxygen atoms in total. The van der Waals surface area contributed by atoms with Gasteiger partial charge in [0.05, 0.1) is 23.1 Å². The highest BCUT2D eigenvalue weighted by molar-refractivity contribution is 6.00. The molecular weight excluding hydrogens is 483 g/mol. The topological polar surface area (TPSA) is 146 Å². The average molecular weight is 500 g/mol. The minimum absolute atomic E-state index is 0.00452. The van der Waals surface area contributed by atoms with Gasteiger partial charge in [-0.15, -0.1) is 10.2 Å². The van der Waals surface area contributed by atoms with Crippen LogP contribution in [-0.4, -0.2) is 36.5 Å². The molecule has 1 N–H and O–H groups in total. The van der Waals surface area contributed by atoms with Crippen LogP contribution in [0.5, 0.6) is 0 Å². The summed E-state index contributed by atoms with van der Waals surface area (Å²) in [6.07, 6.45) is 3.54. The molecule has 1 aliphatic rings. The van der Waals surface area contributed by atoms with Gasteiger partial charge in [0.1, 0.15) is 11.9 Å². The molecule has 1 fully saturated rings. The molecule has 0 spiro atoms. The van der Waals surface area contributed by atoms with Gasteiger partial charge in [0, 0.05) is 18.8 Å². The molecule has 0 radical (unpaired) electrons. The molecule has 37 heavy (non-hydrogen) atoms. The van der Waals surface area contributed by atoms with Crippen molar-refractivity contribution in [2.24, 2.45) is 0 Å². The fourth-order valence-corrected chi connectivity index (χ4v) is 4.33. The lowest BCUT2D eigenvalue weighted by Crippen LogP contribution is -2.43. The molecule has 0 saturated carbocycles. The van der Waals surface area contributed by atoms with Crippen molar-refractivity contribution in [2.45, 2.75) is 25.3 Å². The Morgan fingerprint density at radius 3 is 2.62 bits per heavy atom. The zero-order valence-electron chi connectivity index (χ0n) is 19.1. The van der Waals surface area contributed by atoms with Gasteiger partial charge in [0.25, 0.3) is 5.89 Å². The molecule has 3 aromatic heterocycles. The summed E-state index contributed by atoms with van der Waals surface area (Å²) in [5.74, 6) is -1.77. The highest BCUT2D eigenvalue weighted by Crippen LogP contribution is 2.29. The molecule has 6 rings (SSSR count). The summed E-state index contributed by atoms with van der Waals surface area (Å²) in [7, 11) is 0. The van der Waals surface area contributed by atoms with Crippen molar-refractivity contribution in [1.82, 2.24) is 30.0 Å². The molecule has 4 heterocycles. The van der Waals surface area contributed by atoms with Crippen molar-refractivity contribution in [2.75, 3.05) is 0 Å². The third-order valence-corrected chi connectivity index (χ3v) is 6.06. The fourth-order valence-electron chi connectivity index (χ4n) is 4.33. The quantitative estimate of drug-likeness (QED) is 0.360. The smallest absolute Gasteiger partial charge is 0.420 e. The third-order valence-electron chi connectivity index (χ3n) is 6.06. The lowest BCUT2D eigenvalue weighted by atomic mass is 10.1. The van der Waals surface area contributed by atoms with Gasteiger partial charge in [-0.3, -0.25) is 19.5 Å². The lowest BCUT2D eigenvalue weighted by molar-refractivity contribution is -0.135. The summed E-state index contributed by atoms with van der Waals surface area (Å²) in [5.41, 5.74) is 1.71. The second-order valence-electron chi connectivity index (χ2n) is 8.42. The first-order chi connectivity index (χ1) is 18.0. The second-order valence-corrected chi connectivity index (χ2v) is 8.42. The van der Waals surface area contributed by atoms with Gasteiger partial charge in [0.2, 0.25) is 17.7 Å². The van der Waals surface area contributed by atoms with E-state index in [9.17, 15) is 14.4 Å². The van der Waals surface area contributed by atoms with Crippen molar-refractivity contribution in [1.29, 1.82) is 0 Å². The van der Waals surface area contributed by atoms with Crippen molar-refractivity contribution >= 4 is 22.9 Å². The summed E-state index contributed by atoms with van der Waals surface area (Å²) in [5, 5.41) is 10.3. The Kier molecular flexibility index (Phi) is 5.40. The van der Waals surface area contributed by atoms with Crippen molar-refractivity contribution < 1.29 is 22.8 Å². The van der Waals surface area contributed by atoms with Gasteiger partial charge >= 0.3 is 5.76 Å². The zero-order valence-corrected chi connectivity index (χ0v) is 19.1. The lowest BCUT2D eigenvalue weighted by Gasteiger charge is -2.21. The van der Waals surface area contributed by atoms with Crippen LogP contribution in [0.3, 0.4) is 0 Å². The number of halogens is 1. The van der Waals surface area contributed by atoms with Gasteiger partial charge in [0.15, 0.2) is 11.4 Å². The van der Waals surface area contributed by atoms with Crippen LogP contribution in [0.1, 0.15) is 30.3 Å². The van der Waals surface area contributed by atoms with E-state index >= 15 is 4.39 Å². The average Bonchev–Trinajstić information content (AvgIpc) is 3.48. The van der Waals surface area contributed by atoms with E-state index in [1.54, 1.807) is 36.4 Å². The Labute approximate surface area is 207 Å². The molecule has 1 atom stereocenters. The first-order valence-electron chi connectivity index (χ1n) is 11.3. The van der Waals surface area contributed by atoms with E-state index in [1.165, 1.54) is 23.0 Å². The maximum Gasteiger partial charge on any atom is 0.420 e. The Bertz CT molecular complexity index is 1720. The predicted molar refractivity (Wildman–Crippen MR) is 125 cm³/mol. The zero-order chi connectivity index (χ0) is 25.5. The number of nitrogens with one attached hydrogen (secondary N) is 1. The fraction of sp³-hybridized carbons (Fsp3) is 0.160. The Hall–Kier alpha value is -5.00. The maximum atomic E-state index is 15.2. The van der Waals surface area contributed by atoms with Crippen LogP contribution in [0.25, 0.3) is 33.9 Å². The Morgan fingerprint density at radius 2 is 1.81 bits per heavy atom. The first kappa shape index (κ1) is 22.5. The predicted octanol–water partition coefficient (Wildman–Crippen LogP) is 2.81. The molecule has 2 amide bonds. The van der Waals surface area contributed by atoms with Crippen LogP contribution in [0.15, 0.2) is 68.5 Å². The minimum Gasteiger partial charge on any atom is -0.420 e. The Balaban J connectivity index is 1.30. The number of oxazole rings is 1. The summed E-state index contributed by atoms with van der Waals surface area (Å²) in [4.78, 5) is 44.5. The standard InChI is InChI=1S/C25H17FN6O5/c26-21-14(22-27-9-2-10-28-22)3-1-4-15(21)24-31-30-20(37-24)12-13-5-7-18-17(11-13)32(25(35)36-18)16-6-8-19(33)29-23(16)34/h1-5,7,9-11,16H,6,8,12H2,(H,29,33,34). The number of benzene rings is 2. The van der Waals surface area contributed by atoms with E-state index in [1.807, 2.05) is 0 Å². The molecule has 1 unspecified atom stereocenters. The number of carbonyl (C=O) groups is 2. The number of carbonyl (C=O) groups excluding carboxylic acids is 2. The molecule has 1 aliphatic heterocycles. The number of piperidine rings is 1. The largest absolute Gasteiger partial charge is 0.420 e. The monoisotopic (exact) mass is 500 g/mol. The molecule has 2 aromatic carbocycles. The SMILES string of the molecule is O=C1CCC(n2c(=O)oc3ccc(Cc4nnc(-c5cccc(-c6ncccn6)c5F)o4)cc32)C(=O)N1. The van der Waals surface area contributed by atoms with E-state index in [-0.39, 0.29) is 53.9 Å². The molecular formula is C25H17FN6O5. The summed E-state index contributed by atoms with van der Waals surface area (Å²) in [6.45, 7) is 0. The van der Waals surface area contributed by atoms with Crippen molar-refractivity contribution in [3.8, 4) is 22.8 Å². The van der Waals surface area contributed by atoms with Crippen LogP contribution in [0.2, 0.25) is 0 Å². The van der Waals surface area contributed by atoms with Gasteiger partial charge < -0.3 is 8.83 Å². The van der Waals surface area contributed by atoms with Crippen LogP contribution < -0.4 is 11.1 Å². The first-order valence-corrected chi connectivity index (χ1v) is 11.3. The summed E-state index contributed by atoms with van der Waals surface area (Å²) >= 11 is 0. The van der Waals surface area contributed by atoms with E-state index in [2.05, 4.69) is 25.5 Å². The van der Waals surface area contributed by atoms with Crippen LogP contribution in [-0.2, 0) is 16.0 Å². The van der Waals surface area contributed by atoms with Crippen molar-refractivity contribution in [3.05, 3.63) is 82.7 Å². The van der Waals surface area contributed by atoms with Crippen LogP contribution in [0, 0.1) is 5.82 Å². The number of aromatic nitrogens is 5. The highest BCUT2D eigenvalue weighted by Gasteiger charge is 2.31. The van der Waals surface area contributed by atoms with Crippen molar-refractivity contribution in [3.63, 3.8) is 0 Å². The maximum absolute atomic E-state index is 15.2. The van der Waals surface area contributed by atoms with E-state index in [0.717, 1.165) is 0 Å². The summed E-state index contributed by atoms with van der Waals surface area (Å²) < 4.78 is 27.5. The molecule has 184 valence electrons. The van der Waals surface area contributed by atoms with E-state index in [0.29, 0.717) is 16.7 Å². The van der Waals surface area contributed by atoms with Gasteiger partial charge in [-0.2, -0.15) is 0 Å². The summed E-state index contributed by atoms with van der Waals surface area (Å²) in [6, 6.07) is 10.5. The Morgan fingerprint density at radius 1 is 1.00 bits per heavy atom. The van der Waals surface area contributed by atoms with Gasteiger partial charge in [-0.25, -0.2) is 19.2 Å². The number of hydrogen-bond acceptors (Lipinski definition) is 9. The van der Waals surface area contributed by atoms with Crippen LogP contribution in [0.4, 0.5) is 4.39 Å². The number of rotatable bonds is 5. The number of nitrogens with zero attached hydrogens (tertiary/aromatic N) is 5. The highest BCUT2D eigenvalue weighted by atomic mass is 19.1. The molecule has 5 aromatic rings. The molecule has 1 saturated heterocycles. The number of amides is 2. The molecule has 0 bridgehead atoms. The van der Waals surface area contributed by atoms with E-state index in [4.69, 9.17) is 8.83 Å². The van der Waals surface area contributed by atoms with Gasteiger partial charge in [-0.05, 0) is 42.3 Å². The molecule has 0 aliphatic carbocycles. The number of imide groups is 1. The van der Waals surface area contributed by atoms with E-state index < -0.39 is 23.5 Å². The number of fused-ring (bicyclic) bond motifs is 1. The van der Waals surface area contributed by atoms with Gasteiger partial charge in [-0.1, -0.05) is 12.1 Å². The third kappa shape index (κ3) is 4.07. The molecule has 12 heteroatoms.